The predicted molar refractivity (Wildman–Crippen MR) is 370 cm³/mol. The Morgan fingerprint density at radius 3 is 0.845 bits per heavy atom. The number of carbonyl (C=O) groups excluding carboxylic acids is 2. The number of hydrogen-bond donors (Lipinski definition) is 3. The number of nitrogens with one attached hydrogen (secondary N) is 1. The van der Waals surface area contributed by atoms with Crippen LogP contribution in [-0.4, -0.2) is 47.4 Å². The normalized spacial score (nSPS) is 12.7. The molecule has 1 amide bonds. The quantitative estimate of drug-likeness (QED) is 0.0320. The van der Waals surface area contributed by atoms with E-state index < -0.39 is 12.1 Å². The lowest BCUT2D eigenvalue weighted by Gasteiger charge is -2.20. The number of aliphatic hydroxyl groups excluding tert-OH is 2. The minimum atomic E-state index is -0.843. The second-order valence-corrected chi connectivity index (χ2v) is 26.3. The molecule has 0 heterocycles. The van der Waals surface area contributed by atoms with E-state index in [9.17, 15) is 19.8 Å². The number of esters is 1. The smallest absolute Gasteiger partial charge is 0.305 e. The van der Waals surface area contributed by atoms with E-state index in [1.54, 1.807) is 6.08 Å². The molecule has 0 rings (SSSR count). The van der Waals surface area contributed by atoms with Gasteiger partial charge >= 0.3 is 5.97 Å². The van der Waals surface area contributed by atoms with Crippen molar-refractivity contribution in [2.45, 2.75) is 437 Å². The minimum absolute atomic E-state index is 0.0157. The summed E-state index contributed by atoms with van der Waals surface area (Å²) < 4.78 is 5.51. The molecule has 2 unspecified atom stereocenters. The first kappa shape index (κ1) is 82.1. The zero-order chi connectivity index (χ0) is 60.6. The van der Waals surface area contributed by atoms with Crippen LogP contribution in [0.4, 0.5) is 0 Å². The SMILES string of the molecule is CCCCCCCC/C=C\CCCCCCCCCC(=O)OCCCCCCCCCCCCCC/C=C\CCCCCCCCCCCCCCCCCCCC(=O)NC(CO)C(O)/C=C/CCCCCCCCCCCCCCCCC. The number of amides is 1. The first-order valence-electron chi connectivity index (χ1n) is 38.3. The largest absolute Gasteiger partial charge is 0.466 e. The van der Waals surface area contributed by atoms with E-state index >= 15 is 0 Å². The molecule has 0 fully saturated rings. The number of allylic oxidation sites excluding steroid dienone is 5. The lowest BCUT2D eigenvalue weighted by molar-refractivity contribution is -0.143. The zero-order valence-electron chi connectivity index (χ0n) is 56.9. The van der Waals surface area contributed by atoms with Crippen LogP contribution in [0.15, 0.2) is 36.5 Å². The third kappa shape index (κ3) is 69.2. The molecule has 0 aliphatic carbocycles. The van der Waals surface area contributed by atoms with E-state index in [-0.39, 0.29) is 18.5 Å². The molecule has 0 aliphatic heterocycles. The van der Waals surface area contributed by atoms with Crippen LogP contribution in [0.3, 0.4) is 0 Å². The van der Waals surface area contributed by atoms with Crippen molar-refractivity contribution >= 4 is 11.9 Å². The maximum Gasteiger partial charge on any atom is 0.305 e. The number of unbranched alkanes of at least 4 members (excludes halogenated alkanes) is 57. The van der Waals surface area contributed by atoms with Crippen LogP contribution < -0.4 is 5.32 Å². The lowest BCUT2D eigenvalue weighted by atomic mass is 10.0. The van der Waals surface area contributed by atoms with E-state index in [0.717, 1.165) is 44.9 Å². The average molecular weight is 1180 g/mol. The fourth-order valence-corrected chi connectivity index (χ4v) is 12.0. The van der Waals surface area contributed by atoms with Gasteiger partial charge in [-0.1, -0.05) is 365 Å². The number of aliphatic hydroxyl groups is 2. The Morgan fingerprint density at radius 2 is 0.560 bits per heavy atom. The van der Waals surface area contributed by atoms with Gasteiger partial charge < -0.3 is 20.3 Å². The van der Waals surface area contributed by atoms with Gasteiger partial charge in [0.15, 0.2) is 0 Å². The summed E-state index contributed by atoms with van der Waals surface area (Å²) in [6.07, 6.45) is 95.4. The van der Waals surface area contributed by atoms with Gasteiger partial charge in [0.25, 0.3) is 0 Å². The molecule has 0 aromatic heterocycles. The van der Waals surface area contributed by atoms with E-state index in [1.807, 2.05) is 6.08 Å². The highest BCUT2D eigenvalue weighted by atomic mass is 16.5. The first-order valence-corrected chi connectivity index (χ1v) is 38.3. The highest BCUT2D eigenvalue weighted by molar-refractivity contribution is 5.76. The van der Waals surface area contributed by atoms with Gasteiger partial charge in [-0.2, -0.15) is 0 Å². The van der Waals surface area contributed by atoms with Crippen LogP contribution in [0, 0.1) is 0 Å². The Bertz CT molecular complexity index is 1360. The average Bonchev–Trinajstić information content (AvgIpc) is 3.51. The second kappa shape index (κ2) is 73.5. The predicted octanol–water partition coefficient (Wildman–Crippen LogP) is 25.0. The van der Waals surface area contributed by atoms with Crippen molar-refractivity contribution < 1.29 is 24.5 Å². The molecule has 0 bridgehead atoms. The topological polar surface area (TPSA) is 95.9 Å². The summed E-state index contributed by atoms with van der Waals surface area (Å²) in [6.45, 7) is 4.94. The van der Waals surface area contributed by atoms with E-state index in [2.05, 4.69) is 43.5 Å². The fraction of sp³-hybridized carbons (Fsp3) is 0.897. The van der Waals surface area contributed by atoms with Crippen molar-refractivity contribution in [3.8, 4) is 0 Å². The molecule has 6 nitrogen and oxygen atoms in total. The van der Waals surface area contributed by atoms with Gasteiger partial charge in [0.2, 0.25) is 5.91 Å². The van der Waals surface area contributed by atoms with Gasteiger partial charge in [-0.15, -0.1) is 0 Å². The minimum Gasteiger partial charge on any atom is -0.466 e. The summed E-state index contributed by atoms with van der Waals surface area (Å²) in [5.41, 5.74) is 0. The van der Waals surface area contributed by atoms with Crippen molar-refractivity contribution in [3.05, 3.63) is 36.5 Å². The first-order chi connectivity index (χ1) is 41.5. The molecule has 6 heteroatoms. The summed E-state index contributed by atoms with van der Waals surface area (Å²) in [6, 6.07) is -0.626. The molecule has 3 N–H and O–H groups in total. The third-order valence-electron chi connectivity index (χ3n) is 17.9. The molecule has 496 valence electrons. The van der Waals surface area contributed by atoms with Gasteiger partial charge in [0, 0.05) is 12.8 Å². The Morgan fingerprint density at radius 1 is 0.321 bits per heavy atom. The van der Waals surface area contributed by atoms with Crippen molar-refractivity contribution in [1.82, 2.24) is 5.32 Å². The summed E-state index contributed by atoms with van der Waals surface area (Å²) in [5, 5.41) is 23.2. The van der Waals surface area contributed by atoms with E-state index in [1.165, 1.54) is 353 Å². The van der Waals surface area contributed by atoms with Crippen molar-refractivity contribution in [2.24, 2.45) is 0 Å². The molecule has 2 atom stereocenters. The molecular weight excluding hydrogens is 1030 g/mol. The van der Waals surface area contributed by atoms with Crippen molar-refractivity contribution in [2.75, 3.05) is 13.2 Å². The molecule has 0 spiro atoms. The monoisotopic (exact) mass is 1180 g/mol. The highest BCUT2D eigenvalue weighted by Crippen LogP contribution is 2.19. The Labute approximate surface area is 525 Å². The fourth-order valence-electron chi connectivity index (χ4n) is 12.0. The van der Waals surface area contributed by atoms with Crippen LogP contribution in [-0.2, 0) is 14.3 Å². The van der Waals surface area contributed by atoms with Gasteiger partial charge in [-0.05, 0) is 83.5 Å². The maximum atomic E-state index is 12.5. The number of ether oxygens (including phenoxy) is 1. The van der Waals surface area contributed by atoms with Gasteiger partial charge in [-0.25, -0.2) is 0 Å². The molecule has 0 aromatic rings. The molecule has 0 radical (unpaired) electrons. The summed E-state index contributed by atoms with van der Waals surface area (Å²) in [7, 11) is 0. The molecule has 0 saturated heterocycles. The standard InChI is InChI=1S/C78H149NO5/c1-3-5-7-9-11-13-15-17-19-38-42-46-50-54-58-62-66-70-76(81)75(74-80)79-77(82)71-67-63-59-55-51-47-43-40-36-34-32-30-28-26-24-22-21-23-25-27-29-31-33-35-37-41-45-49-53-57-61-65-69-73-84-78(83)72-68-64-60-56-52-48-44-39-20-18-16-14-12-10-8-6-4-2/h18,20,25,27,66,70,75-76,80-81H,3-17,19,21-24,26,28-65,67-69,71-74H2,1-2H3,(H,79,82)/b20-18-,27-25-,70-66+. The summed E-state index contributed by atoms with van der Waals surface area (Å²) >= 11 is 0. The van der Waals surface area contributed by atoms with Crippen molar-refractivity contribution in [1.29, 1.82) is 0 Å². The van der Waals surface area contributed by atoms with Gasteiger partial charge in [-0.3, -0.25) is 9.59 Å². The van der Waals surface area contributed by atoms with Crippen LogP contribution in [0.2, 0.25) is 0 Å². The molecule has 0 saturated carbocycles. The van der Waals surface area contributed by atoms with Crippen LogP contribution in [0.5, 0.6) is 0 Å². The number of hydrogen-bond acceptors (Lipinski definition) is 5. The third-order valence-corrected chi connectivity index (χ3v) is 17.9. The lowest BCUT2D eigenvalue weighted by Crippen LogP contribution is -2.45. The van der Waals surface area contributed by atoms with E-state index in [4.69, 9.17) is 4.74 Å². The summed E-state index contributed by atoms with van der Waals surface area (Å²) in [4.78, 5) is 24.6. The zero-order valence-corrected chi connectivity index (χ0v) is 56.9. The van der Waals surface area contributed by atoms with Crippen LogP contribution in [0.25, 0.3) is 0 Å². The Balaban J connectivity index is 3.36. The number of carbonyl (C=O) groups is 2. The van der Waals surface area contributed by atoms with E-state index in [0.29, 0.717) is 19.4 Å². The van der Waals surface area contributed by atoms with Gasteiger partial charge in [0.1, 0.15) is 0 Å². The maximum absolute atomic E-state index is 12.5. The van der Waals surface area contributed by atoms with Gasteiger partial charge in [0.05, 0.1) is 25.4 Å². The molecule has 0 aromatic carbocycles. The van der Waals surface area contributed by atoms with Crippen LogP contribution in [0.1, 0.15) is 425 Å². The molecular formula is C78H149NO5. The Hall–Kier alpha value is -1.92. The summed E-state index contributed by atoms with van der Waals surface area (Å²) in [5.74, 6) is -0.0459. The number of rotatable bonds is 72. The Kier molecular flexibility index (Phi) is 71.9. The highest BCUT2D eigenvalue weighted by Gasteiger charge is 2.18. The van der Waals surface area contributed by atoms with Crippen LogP contribution >= 0.6 is 0 Å². The second-order valence-electron chi connectivity index (χ2n) is 26.3. The van der Waals surface area contributed by atoms with Crippen molar-refractivity contribution in [3.63, 3.8) is 0 Å². The molecule has 0 aliphatic rings. The molecule has 84 heavy (non-hydrogen) atoms.